The van der Waals surface area contributed by atoms with Crippen LogP contribution >= 0.6 is 0 Å². The van der Waals surface area contributed by atoms with Crippen LogP contribution in [0.2, 0.25) is 0 Å². The van der Waals surface area contributed by atoms with E-state index >= 15 is 0 Å². The fourth-order valence-electron chi connectivity index (χ4n) is 2.55. The Morgan fingerprint density at radius 2 is 1.88 bits per heavy atom. The second kappa shape index (κ2) is 4.85. The quantitative estimate of drug-likeness (QED) is 0.737. The summed E-state index contributed by atoms with van der Waals surface area (Å²) in [6.45, 7) is 5.62. The van der Waals surface area contributed by atoms with Crippen molar-refractivity contribution in [2.75, 3.05) is 0 Å². The molecule has 92 valence electrons. The van der Waals surface area contributed by atoms with E-state index in [1.165, 1.54) is 4.90 Å². The first-order valence-electron chi connectivity index (χ1n) is 5.85. The van der Waals surface area contributed by atoms with Crippen molar-refractivity contribution < 1.29 is 14.7 Å². The van der Waals surface area contributed by atoms with Crippen LogP contribution in [0.25, 0.3) is 0 Å². The molecule has 4 heteroatoms. The highest BCUT2D eigenvalue weighted by Crippen LogP contribution is 2.31. The first-order chi connectivity index (χ1) is 7.38. The van der Waals surface area contributed by atoms with Crippen molar-refractivity contribution in [2.45, 2.75) is 58.0 Å². The fraction of sp³-hybridized carbons (Fsp3) is 0.833. The summed E-state index contributed by atoms with van der Waals surface area (Å²) < 4.78 is 0. The minimum absolute atomic E-state index is 0.135. The summed E-state index contributed by atoms with van der Waals surface area (Å²) in [5, 5.41) is 9.28. The Kier molecular flexibility index (Phi) is 3.94. The molecule has 1 saturated carbocycles. The summed E-state index contributed by atoms with van der Waals surface area (Å²) in [4.78, 5) is 23.8. The van der Waals surface area contributed by atoms with E-state index in [2.05, 4.69) is 0 Å². The minimum atomic E-state index is -0.925. The van der Waals surface area contributed by atoms with E-state index < -0.39 is 11.6 Å². The molecule has 1 rings (SSSR count). The number of carboxylic acid groups (broad SMARTS) is 1. The minimum Gasteiger partial charge on any atom is -0.465 e. The normalized spacial score (nSPS) is 26.2. The molecule has 1 N–H and O–H groups in total. The monoisotopic (exact) mass is 227 g/mol. The van der Waals surface area contributed by atoms with Crippen LogP contribution in [-0.4, -0.2) is 34.0 Å². The number of rotatable bonds is 2. The van der Waals surface area contributed by atoms with Gasteiger partial charge in [0.2, 0.25) is 0 Å². The van der Waals surface area contributed by atoms with E-state index in [1.807, 2.05) is 20.8 Å². The molecule has 1 amide bonds. The first kappa shape index (κ1) is 13.0. The maximum Gasteiger partial charge on any atom is 0.408 e. The van der Waals surface area contributed by atoms with Crippen molar-refractivity contribution in [1.29, 1.82) is 0 Å². The highest BCUT2D eigenvalue weighted by Gasteiger charge is 2.38. The number of amides is 1. The zero-order valence-electron chi connectivity index (χ0n) is 10.3. The van der Waals surface area contributed by atoms with Gasteiger partial charge in [0.1, 0.15) is 6.29 Å². The third kappa shape index (κ3) is 2.74. The highest BCUT2D eigenvalue weighted by molar-refractivity contribution is 5.68. The van der Waals surface area contributed by atoms with E-state index in [-0.39, 0.29) is 12.0 Å². The van der Waals surface area contributed by atoms with Crippen LogP contribution in [0, 0.1) is 5.92 Å². The number of hydrogen-bond acceptors (Lipinski definition) is 2. The lowest BCUT2D eigenvalue weighted by molar-refractivity contribution is -0.114. The van der Waals surface area contributed by atoms with Gasteiger partial charge in [-0.1, -0.05) is 12.8 Å². The van der Waals surface area contributed by atoms with Gasteiger partial charge >= 0.3 is 6.09 Å². The molecule has 2 atom stereocenters. The van der Waals surface area contributed by atoms with E-state index in [0.29, 0.717) is 0 Å². The zero-order chi connectivity index (χ0) is 12.3. The molecule has 0 aliphatic heterocycles. The Hall–Kier alpha value is -1.06. The maximum absolute atomic E-state index is 11.3. The number of hydrogen-bond donors (Lipinski definition) is 1. The highest BCUT2D eigenvalue weighted by atomic mass is 16.4. The van der Waals surface area contributed by atoms with Crippen molar-refractivity contribution in [1.82, 2.24) is 4.90 Å². The lowest BCUT2D eigenvalue weighted by atomic mass is 9.83. The van der Waals surface area contributed by atoms with Gasteiger partial charge in [0.25, 0.3) is 0 Å². The van der Waals surface area contributed by atoms with Crippen molar-refractivity contribution in [3.63, 3.8) is 0 Å². The molecule has 0 aromatic rings. The molecule has 1 aliphatic rings. The van der Waals surface area contributed by atoms with E-state index in [4.69, 9.17) is 0 Å². The molecule has 0 saturated heterocycles. The Balaban J connectivity index is 2.92. The number of carbonyl (C=O) groups excluding carboxylic acids is 1. The second-order valence-electron chi connectivity index (χ2n) is 5.48. The number of aldehydes is 1. The van der Waals surface area contributed by atoms with Crippen molar-refractivity contribution >= 4 is 12.4 Å². The van der Waals surface area contributed by atoms with Gasteiger partial charge in [-0.2, -0.15) is 0 Å². The lowest BCUT2D eigenvalue weighted by Crippen LogP contribution is -2.54. The molecule has 0 spiro atoms. The average molecular weight is 227 g/mol. The van der Waals surface area contributed by atoms with Crippen molar-refractivity contribution in [3.8, 4) is 0 Å². The molecule has 1 fully saturated rings. The van der Waals surface area contributed by atoms with Gasteiger partial charge < -0.3 is 9.90 Å². The first-order valence-corrected chi connectivity index (χ1v) is 5.85. The SMILES string of the molecule is CC(C)(C)N(C(=O)O)[C@H]1CCCC[C@@H]1C=O. The summed E-state index contributed by atoms with van der Waals surface area (Å²) in [7, 11) is 0. The van der Waals surface area contributed by atoms with E-state index in [0.717, 1.165) is 32.0 Å². The smallest absolute Gasteiger partial charge is 0.408 e. The maximum atomic E-state index is 11.3. The Labute approximate surface area is 96.6 Å². The number of nitrogens with zero attached hydrogens (tertiary/aromatic N) is 1. The Morgan fingerprint density at radius 1 is 1.31 bits per heavy atom. The van der Waals surface area contributed by atoms with Gasteiger partial charge in [-0.05, 0) is 33.6 Å². The van der Waals surface area contributed by atoms with Crippen LogP contribution in [0.1, 0.15) is 46.5 Å². The molecule has 0 heterocycles. The third-order valence-electron chi connectivity index (χ3n) is 3.22. The summed E-state index contributed by atoms with van der Waals surface area (Å²) in [5.41, 5.74) is -0.449. The predicted molar refractivity (Wildman–Crippen MR) is 61.4 cm³/mol. The van der Waals surface area contributed by atoms with Crippen LogP contribution in [-0.2, 0) is 4.79 Å². The second-order valence-corrected chi connectivity index (χ2v) is 5.48. The van der Waals surface area contributed by atoms with Crippen LogP contribution in [0.15, 0.2) is 0 Å². The molecule has 16 heavy (non-hydrogen) atoms. The average Bonchev–Trinajstić information content (AvgIpc) is 2.15. The molecule has 0 unspecified atom stereocenters. The molecule has 0 bridgehead atoms. The molecule has 4 nitrogen and oxygen atoms in total. The van der Waals surface area contributed by atoms with Gasteiger partial charge in [0, 0.05) is 17.5 Å². The van der Waals surface area contributed by atoms with Gasteiger partial charge in [-0.15, -0.1) is 0 Å². The van der Waals surface area contributed by atoms with Gasteiger partial charge in [0.15, 0.2) is 0 Å². The van der Waals surface area contributed by atoms with Crippen molar-refractivity contribution in [2.24, 2.45) is 5.92 Å². The molecule has 0 aromatic heterocycles. The zero-order valence-corrected chi connectivity index (χ0v) is 10.3. The van der Waals surface area contributed by atoms with Gasteiger partial charge in [-0.25, -0.2) is 4.79 Å². The molecular weight excluding hydrogens is 206 g/mol. The number of carbonyl (C=O) groups is 2. The fourth-order valence-corrected chi connectivity index (χ4v) is 2.55. The summed E-state index contributed by atoms with van der Waals surface area (Å²) in [6, 6.07) is -0.149. The molecule has 0 aromatic carbocycles. The van der Waals surface area contributed by atoms with Crippen LogP contribution in [0.5, 0.6) is 0 Å². The predicted octanol–water partition coefficient (Wildman–Crippen LogP) is 2.52. The Bertz CT molecular complexity index is 270. The molecular formula is C12H21NO3. The molecule has 1 aliphatic carbocycles. The Morgan fingerprint density at radius 3 is 2.31 bits per heavy atom. The van der Waals surface area contributed by atoms with Crippen LogP contribution in [0.3, 0.4) is 0 Å². The van der Waals surface area contributed by atoms with Gasteiger partial charge in [0.05, 0.1) is 0 Å². The van der Waals surface area contributed by atoms with Gasteiger partial charge in [-0.3, -0.25) is 4.90 Å². The van der Waals surface area contributed by atoms with E-state index in [9.17, 15) is 14.7 Å². The summed E-state index contributed by atoms with van der Waals surface area (Å²) in [6.07, 6.45) is 3.64. The largest absolute Gasteiger partial charge is 0.465 e. The molecule has 0 radical (unpaired) electrons. The third-order valence-corrected chi connectivity index (χ3v) is 3.22. The topological polar surface area (TPSA) is 57.6 Å². The van der Waals surface area contributed by atoms with Crippen LogP contribution in [0.4, 0.5) is 4.79 Å². The lowest BCUT2D eigenvalue weighted by Gasteiger charge is -2.43. The standard InChI is InChI=1S/C12H21NO3/c1-12(2,3)13(11(15)16)10-7-5-4-6-9(10)8-14/h8-10H,4-7H2,1-3H3,(H,15,16)/t9-,10+/m1/s1. The summed E-state index contributed by atoms with van der Waals surface area (Å²) >= 11 is 0. The summed E-state index contributed by atoms with van der Waals surface area (Å²) in [5.74, 6) is -0.135. The van der Waals surface area contributed by atoms with Crippen LogP contribution < -0.4 is 0 Å². The van der Waals surface area contributed by atoms with E-state index in [1.54, 1.807) is 0 Å². The van der Waals surface area contributed by atoms with Crippen molar-refractivity contribution in [3.05, 3.63) is 0 Å².